The first-order chi connectivity index (χ1) is 6.93. The van der Waals surface area contributed by atoms with Gasteiger partial charge in [0, 0.05) is 18.5 Å². The summed E-state index contributed by atoms with van der Waals surface area (Å²) in [6.45, 7) is 6.77. The molecule has 0 spiro atoms. The Morgan fingerprint density at radius 1 is 1.47 bits per heavy atom. The molecule has 0 bridgehead atoms. The van der Waals surface area contributed by atoms with E-state index in [-0.39, 0.29) is 0 Å². The number of nitrogens with zero attached hydrogens (tertiary/aromatic N) is 2. The second kappa shape index (κ2) is 3.26. The van der Waals surface area contributed by atoms with Gasteiger partial charge in [-0.1, -0.05) is 20.3 Å². The minimum atomic E-state index is 0.381. The van der Waals surface area contributed by atoms with Crippen LogP contribution in [0.25, 0.3) is 0 Å². The third-order valence-electron chi connectivity index (χ3n) is 3.96. The fourth-order valence-corrected chi connectivity index (χ4v) is 2.83. The molecule has 1 unspecified atom stereocenters. The molecule has 0 aliphatic heterocycles. The van der Waals surface area contributed by atoms with E-state index in [2.05, 4.69) is 25.9 Å². The topological polar surface area (TPSA) is 43.8 Å². The predicted molar refractivity (Wildman–Crippen MR) is 62.7 cm³/mol. The summed E-state index contributed by atoms with van der Waals surface area (Å²) in [5.74, 6) is 1.40. The third kappa shape index (κ3) is 1.54. The Morgan fingerprint density at radius 2 is 2.13 bits per heavy atom. The van der Waals surface area contributed by atoms with Crippen molar-refractivity contribution >= 4 is 5.82 Å². The van der Waals surface area contributed by atoms with Crippen LogP contribution in [0.1, 0.15) is 50.3 Å². The van der Waals surface area contributed by atoms with Crippen LogP contribution in [0.15, 0.2) is 0 Å². The van der Waals surface area contributed by atoms with E-state index >= 15 is 0 Å². The van der Waals surface area contributed by atoms with Crippen molar-refractivity contribution < 1.29 is 0 Å². The van der Waals surface area contributed by atoms with Gasteiger partial charge in [-0.2, -0.15) is 5.10 Å². The molecule has 1 saturated carbocycles. The molecule has 0 radical (unpaired) electrons. The van der Waals surface area contributed by atoms with E-state index in [1.54, 1.807) is 4.68 Å². The lowest BCUT2D eigenvalue weighted by molar-refractivity contribution is 0.325. The number of nitrogens with two attached hydrogens (primary N) is 1. The van der Waals surface area contributed by atoms with E-state index in [4.69, 9.17) is 5.73 Å². The van der Waals surface area contributed by atoms with Crippen molar-refractivity contribution in [1.29, 1.82) is 0 Å². The number of anilines is 1. The van der Waals surface area contributed by atoms with E-state index in [0.717, 1.165) is 5.82 Å². The highest BCUT2D eigenvalue weighted by Crippen LogP contribution is 2.49. The standard InChI is InChI=1S/C12H21N3/c1-8-10(14-15(4)11(8)13)9-6-5-7-12(9,2)3/h9H,5-7,13H2,1-4H3. The van der Waals surface area contributed by atoms with E-state index in [9.17, 15) is 0 Å². The second-order valence-electron chi connectivity index (χ2n) is 5.45. The Hall–Kier alpha value is -0.990. The van der Waals surface area contributed by atoms with E-state index in [1.165, 1.54) is 30.5 Å². The SMILES string of the molecule is Cc1c(C2CCCC2(C)C)nn(C)c1N. The maximum Gasteiger partial charge on any atom is 0.124 e. The van der Waals surface area contributed by atoms with Crippen molar-refractivity contribution in [3.63, 3.8) is 0 Å². The van der Waals surface area contributed by atoms with Gasteiger partial charge in [0.05, 0.1) is 5.69 Å². The van der Waals surface area contributed by atoms with E-state index < -0.39 is 0 Å². The Labute approximate surface area is 91.7 Å². The molecule has 3 heteroatoms. The Bertz CT molecular complexity index is 376. The Morgan fingerprint density at radius 3 is 2.53 bits per heavy atom. The van der Waals surface area contributed by atoms with Gasteiger partial charge < -0.3 is 5.73 Å². The zero-order chi connectivity index (χ0) is 11.2. The molecule has 1 aromatic rings. The first-order valence-electron chi connectivity index (χ1n) is 5.72. The summed E-state index contributed by atoms with van der Waals surface area (Å²) < 4.78 is 1.80. The molecule has 1 fully saturated rings. The maximum absolute atomic E-state index is 5.96. The normalized spacial score (nSPS) is 24.7. The van der Waals surface area contributed by atoms with Gasteiger partial charge in [0.25, 0.3) is 0 Å². The van der Waals surface area contributed by atoms with Crippen LogP contribution in [-0.2, 0) is 7.05 Å². The van der Waals surface area contributed by atoms with Gasteiger partial charge in [-0.15, -0.1) is 0 Å². The minimum absolute atomic E-state index is 0.381. The highest BCUT2D eigenvalue weighted by Gasteiger charge is 2.38. The molecule has 2 N–H and O–H groups in total. The summed E-state index contributed by atoms with van der Waals surface area (Å²) in [6, 6.07) is 0. The molecule has 84 valence electrons. The molecule has 1 atom stereocenters. The lowest BCUT2D eigenvalue weighted by Crippen LogP contribution is -2.16. The first kappa shape index (κ1) is 10.5. The maximum atomic E-state index is 5.96. The van der Waals surface area contributed by atoms with Gasteiger partial charge in [0.2, 0.25) is 0 Å². The molecular formula is C12H21N3. The van der Waals surface area contributed by atoms with Crippen LogP contribution in [0.5, 0.6) is 0 Å². The van der Waals surface area contributed by atoms with Crippen molar-refractivity contribution in [2.75, 3.05) is 5.73 Å². The van der Waals surface area contributed by atoms with Crippen LogP contribution in [0.2, 0.25) is 0 Å². The van der Waals surface area contributed by atoms with Gasteiger partial charge >= 0.3 is 0 Å². The van der Waals surface area contributed by atoms with Crippen LogP contribution in [0.4, 0.5) is 5.82 Å². The monoisotopic (exact) mass is 207 g/mol. The molecule has 15 heavy (non-hydrogen) atoms. The number of aryl methyl sites for hydroxylation is 1. The molecule has 0 aromatic carbocycles. The van der Waals surface area contributed by atoms with Crippen molar-refractivity contribution in [3.05, 3.63) is 11.3 Å². The third-order valence-corrected chi connectivity index (χ3v) is 3.96. The summed E-state index contributed by atoms with van der Waals surface area (Å²) in [5, 5.41) is 4.58. The molecule has 1 heterocycles. The summed E-state index contributed by atoms with van der Waals surface area (Å²) in [5.41, 5.74) is 8.74. The smallest absolute Gasteiger partial charge is 0.124 e. The summed E-state index contributed by atoms with van der Waals surface area (Å²) >= 11 is 0. The van der Waals surface area contributed by atoms with E-state index in [0.29, 0.717) is 11.3 Å². The van der Waals surface area contributed by atoms with Crippen molar-refractivity contribution in [2.45, 2.75) is 46.0 Å². The molecule has 0 amide bonds. The largest absolute Gasteiger partial charge is 0.384 e. The van der Waals surface area contributed by atoms with Gasteiger partial charge in [0.15, 0.2) is 0 Å². The minimum Gasteiger partial charge on any atom is -0.384 e. The number of hydrogen-bond acceptors (Lipinski definition) is 2. The molecular weight excluding hydrogens is 186 g/mol. The highest BCUT2D eigenvalue weighted by molar-refractivity contribution is 5.44. The number of hydrogen-bond donors (Lipinski definition) is 1. The average Bonchev–Trinajstić information content (AvgIpc) is 2.61. The fourth-order valence-electron chi connectivity index (χ4n) is 2.83. The lowest BCUT2D eigenvalue weighted by Gasteiger charge is -2.25. The molecule has 1 aromatic heterocycles. The zero-order valence-electron chi connectivity index (χ0n) is 10.2. The summed E-state index contributed by atoms with van der Waals surface area (Å²) in [4.78, 5) is 0. The van der Waals surface area contributed by atoms with Crippen LogP contribution in [0.3, 0.4) is 0 Å². The van der Waals surface area contributed by atoms with Crippen molar-refractivity contribution in [2.24, 2.45) is 12.5 Å². The number of rotatable bonds is 1. The van der Waals surface area contributed by atoms with E-state index in [1.807, 2.05) is 7.05 Å². The Balaban J connectivity index is 2.42. The van der Waals surface area contributed by atoms with Crippen molar-refractivity contribution in [1.82, 2.24) is 9.78 Å². The average molecular weight is 207 g/mol. The Kier molecular flexibility index (Phi) is 2.28. The predicted octanol–water partition coefficient (Wildman–Crippen LogP) is 2.60. The summed E-state index contributed by atoms with van der Waals surface area (Å²) in [6.07, 6.45) is 3.87. The van der Waals surface area contributed by atoms with Crippen LogP contribution in [-0.4, -0.2) is 9.78 Å². The quantitative estimate of drug-likeness (QED) is 0.769. The van der Waals surface area contributed by atoms with Crippen LogP contribution in [0, 0.1) is 12.3 Å². The second-order valence-corrected chi connectivity index (χ2v) is 5.45. The zero-order valence-corrected chi connectivity index (χ0v) is 10.2. The van der Waals surface area contributed by atoms with Gasteiger partial charge in [-0.3, -0.25) is 4.68 Å². The molecule has 1 aliphatic carbocycles. The van der Waals surface area contributed by atoms with Crippen LogP contribution < -0.4 is 5.73 Å². The van der Waals surface area contributed by atoms with Crippen LogP contribution >= 0.6 is 0 Å². The molecule has 1 aliphatic rings. The van der Waals surface area contributed by atoms with Gasteiger partial charge in [-0.25, -0.2) is 0 Å². The molecule has 2 rings (SSSR count). The lowest BCUT2D eigenvalue weighted by atomic mass is 9.79. The molecule has 0 saturated heterocycles. The molecule has 3 nitrogen and oxygen atoms in total. The first-order valence-corrected chi connectivity index (χ1v) is 5.72. The van der Waals surface area contributed by atoms with Gasteiger partial charge in [-0.05, 0) is 25.2 Å². The fraction of sp³-hybridized carbons (Fsp3) is 0.750. The number of aromatic nitrogens is 2. The van der Waals surface area contributed by atoms with Gasteiger partial charge in [0.1, 0.15) is 5.82 Å². The summed E-state index contributed by atoms with van der Waals surface area (Å²) in [7, 11) is 1.92. The highest BCUT2D eigenvalue weighted by atomic mass is 15.3. The number of nitrogen functional groups attached to an aromatic ring is 1. The van der Waals surface area contributed by atoms with Crippen molar-refractivity contribution in [3.8, 4) is 0 Å².